The van der Waals surface area contributed by atoms with Crippen LogP contribution in [0.4, 0.5) is 20.2 Å². The summed E-state index contributed by atoms with van der Waals surface area (Å²) in [7, 11) is 0. The molecule has 23 heavy (non-hydrogen) atoms. The third-order valence-electron chi connectivity index (χ3n) is 3.45. The molecule has 1 heterocycles. The fraction of sp³-hybridized carbons (Fsp3) is 0.125. The molecule has 0 radical (unpaired) electrons. The highest BCUT2D eigenvalue weighted by Crippen LogP contribution is 2.36. The van der Waals surface area contributed by atoms with E-state index in [0.29, 0.717) is 10.6 Å². The SMILES string of the molecule is Nc1ccccc1S[C@@H]1CC(=O)N(c2ccc(F)c(F)c2)C1=O. The summed E-state index contributed by atoms with van der Waals surface area (Å²) in [6, 6.07) is 9.96. The van der Waals surface area contributed by atoms with Gasteiger partial charge in [-0.3, -0.25) is 9.59 Å². The van der Waals surface area contributed by atoms with Crippen LogP contribution in [-0.4, -0.2) is 17.1 Å². The fourth-order valence-electron chi connectivity index (χ4n) is 2.33. The van der Waals surface area contributed by atoms with Gasteiger partial charge in [0.15, 0.2) is 11.6 Å². The molecule has 1 atom stereocenters. The normalized spacial score (nSPS) is 17.8. The molecule has 0 aromatic heterocycles. The molecule has 7 heteroatoms. The number of rotatable bonds is 3. The first-order valence-corrected chi connectivity index (χ1v) is 7.68. The Kier molecular flexibility index (Phi) is 4.04. The molecule has 2 N–H and O–H groups in total. The Morgan fingerprint density at radius 2 is 1.83 bits per heavy atom. The van der Waals surface area contributed by atoms with Crippen LogP contribution in [0.5, 0.6) is 0 Å². The van der Waals surface area contributed by atoms with Gasteiger partial charge in [0, 0.05) is 23.1 Å². The number of nitrogen functional groups attached to an aromatic ring is 1. The van der Waals surface area contributed by atoms with Gasteiger partial charge in [-0.1, -0.05) is 12.1 Å². The highest BCUT2D eigenvalue weighted by atomic mass is 32.2. The number of imide groups is 1. The highest BCUT2D eigenvalue weighted by Gasteiger charge is 2.40. The van der Waals surface area contributed by atoms with Crippen LogP contribution in [0.1, 0.15) is 6.42 Å². The third kappa shape index (κ3) is 2.92. The van der Waals surface area contributed by atoms with E-state index in [2.05, 4.69) is 0 Å². The van der Waals surface area contributed by atoms with Crippen molar-refractivity contribution in [2.75, 3.05) is 10.6 Å². The number of hydrogen-bond donors (Lipinski definition) is 1. The van der Waals surface area contributed by atoms with E-state index in [1.165, 1.54) is 17.8 Å². The topological polar surface area (TPSA) is 63.4 Å². The lowest BCUT2D eigenvalue weighted by molar-refractivity contribution is -0.121. The van der Waals surface area contributed by atoms with Crippen LogP contribution in [0.3, 0.4) is 0 Å². The van der Waals surface area contributed by atoms with Crippen LogP contribution in [0.25, 0.3) is 0 Å². The van der Waals surface area contributed by atoms with Crippen LogP contribution in [-0.2, 0) is 9.59 Å². The van der Waals surface area contributed by atoms with Crippen molar-refractivity contribution < 1.29 is 18.4 Å². The monoisotopic (exact) mass is 334 g/mol. The molecule has 0 bridgehead atoms. The number of nitrogens with zero attached hydrogens (tertiary/aromatic N) is 1. The molecule has 118 valence electrons. The average Bonchev–Trinajstić information content (AvgIpc) is 2.79. The summed E-state index contributed by atoms with van der Waals surface area (Å²) in [5, 5.41) is -0.639. The zero-order chi connectivity index (χ0) is 16.6. The van der Waals surface area contributed by atoms with Gasteiger partial charge in [0.2, 0.25) is 11.8 Å². The number of carbonyl (C=O) groups is 2. The van der Waals surface area contributed by atoms with Crippen molar-refractivity contribution in [1.82, 2.24) is 0 Å². The Labute approximate surface area is 135 Å². The molecule has 3 rings (SSSR count). The van der Waals surface area contributed by atoms with Gasteiger partial charge >= 0.3 is 0 Å². The van der Waals surface area contributed by atoms with E-state index in [-0.39, 0.29) is 12.1 Å². The largest absolute Gasteiger partial charge is 0.398 e. The predicted octanol–water partition coefficient (Wildman–Crippen LogP) is 2.97. The molecular formula is C16H12F2N2O2S. The number of anilines is 2. The van der Waals surface area contributed by atoms with Crippen molar-refractivity contribution >= 4 is 35.0 Å². The van der Waals surface area contributed by atoms with E-state index in [0.717, 1.165) is 17.0 Å². The van der Waals surface area contributed by atoms with E-state index in [1.54, 1.807) is 24.3 Å². The van der Waals surface area contributed by atoms with Gasteiger partial charge in [-0.15, -0.1) is 11.8 Å². The molecule has 2 amide bonds. The van der Waals surface area contributed by atoms with E-state index >= 15 is 0 Å². The molecule has 4 nitrogen and oxygen atoms in total. The van der Waals surface area contributed by atoms with Crippen molar-refractivity contribution in [1.29, 1.82) is 0 Å². The van der Waals surface area contributed by atoms with E-state index < -0.39 is 28.7 Å². The number of nitrogens with two attached hydrogens (primary N) is 1. The number of hydrogen-bond acceptors (Lipinski definition) is 4. The minimum atomic E-state index is -1.11. The molecule has 0 spiro atoms. The number of halogens is 2. The maximum Gasteiger partial charge on any atom is 0.247 e. The molecule has 1 saturated heterocycles. The molecule has 1 fully saturated rings. The molecule has 2 aromatic rings. The first-order chi connectivity index (χ1) is 11.0. The summed E-state index contributed by atoms with van der Waals surface area (Å²) in [5.41, 5.74) is 6.39. The number of benzene rings is 2. The minimum absolute atomic E-state index is 0.0170. The van der Waals surface area contributed by atoms with Crippen molar-refractivity contribution in [2.24, 2.45) is 0 Å². The minimum Gasteiger partial charge on any atom is -0.398 e. The summed E-state index contributed by atoms with van der Waals surface area (Å²) in [6.07, 6.45) is -0.0170. The smallest absolute Gasteiger partial charge is 0.247 e. The molecule has 0 unspecified atom stereocenters. The zero-order valence-electron chi connectivity index (χ0n) is 11.8. The molecular weight excluding hydrogens is 322 g/mol. The van der Waals surface area contributed by atoms with Crippen molar-refractivity contribution in [2.45, 2.75) is 16.6 Å². The van der Waals surface area contributed by atoms with Gasteiger partial charge in [0.05, 0.1) is 10.9 Å². The lowest BCUT2D eigenvalue weighted by Gasteiger charge is -2.15. The molecule has 2 aromatic carbocycles. The second-order valence-corrected chi connectivity index (χ2v) is 6.26. The Bertz CT molecular complexity index is 797. The van der Waals surface area contributed by atoms with Crippen LogP contribution in [0, 0.1) is 11.6 Å². The number of thioether (sulfide) groups is 1. The Balaban J connectivity index is 1.85. The molecule has 0 saturated carbocycles. The van der Waals surface area contributed by atoms with Gasteiger partial charge in [0.1, 0.15) is 0 Å². The lowest BCUT2D eigenvalue weighted by atomic mass is 10.3. The van der Waals surface area contributed by atoms with Gasteiger partial charge in [0.25, 0.3) is 0 Å². The summed E-state index contributed by atoms with van der Waals surface area (Å²) >= 11 is 1.19. The van der Waals surface area contributed by atoms with Crippen LogP contribution >= 0.6 is 11.8 Å². The van der Waals surface area contributed by atoms with Crippen LogP contribution in [0.2, 0.25) is 0 Å². The van der Waals surface area contributed by atoms with Gasteiger partial charge in [-0.25, -0.2) is 13.7 Å². The highest BCUT2D eigenvalue weighted by molar-refractivity contribution is 8.00. The molecule has 0 aliphatic carbocycles. The van der Waals surface area contributed by atoms with Crippen LogP contribution < -0.4 is 10.6 Å². The Morgan fingerprint density at radius 3 is 2.52 bits per heavy atom. The predicted molar refractivity (Wildman–Crippen MR) is 84.0 cm³/mol. The van der Waals surface area contributed by atoms with E-state index in [1.807, 2.05) is 0 Å². The maximum absolute atomic E-state index is 13.3. The quantitative estimate of drug-likeness (QED) is 0.692. The van der Waals surface area contributed by atoms with Crippen molar-refractivity contribution in [3.63, 3.8) is 0 Å². The van der Waals surface area contributed by atoms with E-state index in [4.69, 9.17) is 5.73 Å². The summed E-state index contributed by atoms with van der Waals surface area (Å²) in [5.74, 6) is -3.05. The lowest BCUT2D eigenvalue weighted by Crippen LogP contribution is -2.31. The third-order valence-corrected chi connectivity index (χ3v) is 4.73. The number of carbonyl (C=O) groups excluding carboxylic acids is 2. The summed E-state index contributed by atoms with van der Waals surface area (Å²) in [6.45, 7) is 0. The average molecular weight is 334 g/mol. The van der Waals surface area contributed by atoms with Gasteiger partial charge in [-0.2, -0.15) is 0 Å². The summed E-state index contributed by atoms with van der Waals surface area (Å²) in [4.78, 5) is 26.2. The summed E-state index contributed by atoms with van der Waals surface area (Å²) < 4.78 is 26.3. The Morgan fingerprint density at radius 1 is 1.09 bits per heavy atom. The zero-order valence-corrected chi connectivity index (χ0v) is 12.6. The Hall–Kier alpha value is -2.41. The van der Waals surface area contributed by atoms with Crippen molar-refractivity contribution in [3.05, 3.63) is 54.1 Å². The first-order valence-electron chi connectivity index (χ1n) is 6.80. The number of amides is 2. The molecule has 1 aliphatic rings. The second kappa shape index (κ2) is 6.00. The van der Waals surface area contributed by atoms with E-state index in [9.17, 15) is 18.4 Å². The van der Waals surface area contributed by atoms with Gasteiger partial charge < -0.3 is 5.73 Å². The fourth-order valence-corrected chi connectivity index (χ4v) is 3.43. The van der Waals surface area contributed by atoms with Crippen LogP contribution in [0.15, 0.2) is 47.4 Å². The maximum atomic E-state index is 13.3. The molecule has 1 aliphatic heterocycles. The first kappa shape index (κ1) is 15.5. The number of para-hydroxylation sites is 1. The standard InChI is InChI=1S/C16H12F2N2O2S/c17-10-6-5-9(7-11(10)18)20-15(21)8-14(16(20)22)23-13-4-2-1-3-12(13)19/h1-7,14H,8,19H2/t14-/m1/s1. The van der Waals surface area contributed by atoms with Gasteiger partial charge in [-0.05, 0) is 24.3 Å². The van der Waals surface area contributed by atoms with Crippen molar-refractivity contribution in [3.8, 4) is 0 Å². The second-order valence-electron chi connectivity index (χ2n) is 5.01.